The first kappa shape index (κ1) is 27.3. The van der Waals surface area contributed by atoms with E-state index in [1.54, 1.807) is 48.5 Å². The molecular formula is C30H30N2O7. The summed E-state index contributed by atoms with van der Waals surface area (Å²) in [4.78, 5) is 30.3. The summed E-state index contributed by atoms with van der Waals surface area (Å²) in [7, 11) is 1.53. The van der Waals surface area contributed by atoms with Crippen molar-refractivity contribution >= 4 is 12.1 Å². The standard InChI is InChI=1S/C30H30N2O7/c1-20(29(33)34)32(30(35)39-26-15-13-24(36-3)14-16-26)19-22-9-11-25(12-10-22)37-18-17-27-21(2)38-28(31-27)23-7-5-4-6-8-23/h4-16,20H,17-19H2,1-3H3,(H,33,34)/t20-/m1/s1. The first-order valence-electron chi connectivity index (χ1n) is 12.4. The van der Waals surface area contributed by atoms with E-state index in [1.807, 2.05) is 37.3 Å². The maximum atomic E-state index is 12.9. The van der Waals surface area contributed by atoms with Crippen LogP contribution >= 0.6 is 0 Å². The van der Waals surface area contributed by atoms with Gasteiger partial charge in [-0.15, -0.1) is 0 Å². The number of amides is 1. The summed E-state index contributed by atoms with van der Waals surface area (Å²) in [6, 6.07) is 22.2. The van der Waals surface area contributed by atoms with E-state index in [0.717, 1.165) is 27.5 Å². The first-order chi connectivity index (χ1) is 18.8. The van der Waals surface area contributed by atoms with E-state index in [1.165, 1.54) is 14.0 Å². The molecular weight excluding hydrogens is 500 g/mol. The lowest BCUT2D eigenvalue weighted by Gasteiger charge is -2.25. The second-order valence-electron chi connectivity index (χ2n) is 8.82. The van der Waals surface area contributed by atoms with E-state index in [-0.39, 0.29) is 12.3 Å². The number of ether oxygens (including phenoxy) is 3. The van der Waals surface area contributed by atoms with Gasteiger partial charge in [0.2, 0.25) is 5.89 Å². The Bertz CT molecular complexity index is 1380. The highest BCUT2D eigenvalue weighted by Gasteiger charge is 2.27. The van der Waals surface area contributed by atoms with E-state index in [9.17, 15) is 14.7 Å². The third-order valence-corrected chi connectivity index (χ3v) is 6.12. The van der Waals surface area contributed by atoms with Crippen molar-refractivity contribution in [2.75, 3.05) is 13.7 Å². The van der Waals surface area contributed by atoms with Gasteiger partial charge in [-0.3, -0.25) is 4.90 Å². The van der Waals surface area contributed by atoms with Crippen LogP contribution in [0.1, 0.15) is 23.9 Å². The summed E-state index contributed by atoms with van der Waals surface area (Å²) >= 11 is 0. The van der Waals surface area contributed by atoms with Crippen molar-refractivity contribution in [3.8, 4) is 28.7 Å². The average molecular weight is 531 g/mol. The van der Waals surface area contributed by atoms with Crippen molar-refractivity contribution in [1.82, 2.24) is 9.88 Å². The Kier molecular flexibility index (Phi) is 8.83. The minimum Gasteiger partial charge on any atom is -0.497 e. The molecule has 0 spiro atoms. The number of methoxy groups -OCH3 is 1. The summed E-state index contributed by atoms with van der Waals surface area (Å²) in [6.07, 6.45) is -0.196. The zero-order chi connectivity index (χ0) is 27.8. The van der Waals surface area contributed by atoms with Crippen LogP contribution in [0, 0.1) is 6.92 Å². The molecule has 1 aromatic heterocycles. The highest BCUT2D eigenvalue weighted by Crippen LogP contribution is 2.23. The van der Waals surface area contributed by atoms with E-state index in [4.69, 9.17) is 18.6 Å². The maximum absolute atomic E-state index is 12.9. The van der Waals surface area contributed by atoms with Gasteiger partial charge >= 0.3 is 12.1 Å². The number of benzene rings is 3. The Labute approximate surface area is 226 Å². The van der Waals surface area contributed by atoms with Crippen molar-refractivity contribution in [2.45, 2.75) is 32.9 Å². The number of carbonyl (C=O) groups is 2. The molecule has 1 amide bonds. The molecule has 39 heavy (non-hydrogen) atoms. The zero-order valence-electron chi connectivity index (χ0n) is 22.0. The highest BCUT2D eigenvalue weighted by molar-refractivity contribution is 5.80. The van der Waals surface area contributed by atoms with Gasteiger partial charge in [0.25, 0.3) is 0 Å². The van der Waals surface area contributed by atoms with Gasteiger partial charge in [-0.1, -0.05) is 30.3 Å². The molecule has 0 saturated carbocycles. The molecule has 1 heterocycles. The molecule has 4 rings (SSSR count). The number of hydrogen-bond acceptors (Lipinski definition) is 7. The number of nitrogens with zero attached hydrogens (tertiary/aromatic N) is 2. The molecule has 0 unspecified atom stereocenters. The van der Waals surface area contributed by atoms with Crippen LogP contribution in [-0.4, -0.2) is 46.8 Å². The SMILES string of the molecule is COc1ccc(OC(=O)N(Cc2ccc(OCCc3nc(-c4ccccc4)oc3C)cc2)[C@H](C)C(=O)O)cc1. The second kappa shape index (κ2) is 12.6. The molecule has 0 aliphatic heterocycles. The fourth-order valence-corrected chi connectivity index (χ4v) is 3.81. The lowest BCUT2D eigenvalue weighted by Crippen LogP contribution is -2.44. The first-order valence-corrected chi connectivity index (χ1v) is 12.4. The van der Waals surface area contributed by atoms with Crippen molar-refractivity contribution in [1.29, 1.82) is 0 Å². The molecule has 3 aromatic carbocycles. The van der Waals surface area contributed by atoms with Crippen LogP contribution in [0.15, 0.2) is 83.3 Å². The molecule has 0 saturated heterocycles. The van der Waals surface area contributed by atoms with Crippen LogP contribution in [-0.2, 0) is 17.8 Å². The Morgan fingerprint density at radius 1 is 0.949 bits per heavy atom. The van der Waals surface area contributed by atoms with Crippen LogP contribution < -0.4 is 14.2 Å². The van der Waals surface area contributed by atoms with Gasteiger partial charge in [0, 0.05) is 18.5 Å². The number of carboxylic acid groups (broad SMARTS) is 1. The Hall–Kier alpha value is -4.79. The summed E-state index contributed by atoms with van der Waals surface area (Å²) in [5.41, 5.74) is 2.48. The third kappa shape index (κ3) is 7.16. The number of aromatic nitrogens is 1. The molecule has 0 radical (unpaired) electrons. The average Bonchev–Trinajstić information content (AvgIpc) is 3.33. The number of hydrogen-bond donors (Lipinski definition) is 1. The molecule has 0 aliphatic carbocycles. The summed E-state index contributed by atoms with van der Waals surface area (Å²) in [5.74, 6) is 1.73. The highest BCUT2D eigenvalue weighted by atomic mass is 16.6. The Balaban J connectivity index is 1.35. The van der Waals surface area contributed by atoms with Crippen molar-refractivity contribution in [2.24, 2.45) is 0 Å². The van der Waals surface area contributed by atoms with Gasteiger partial charge in [0.15, 0.2) is 0 Å². The number of aliphatic carboxylic acids is 1. The minimum absolute atomic E-state index is 0.0448. The van der Waals surface area contributed by atoms with E-state index in [0.29, 0.717) is 30.4 Å². The molecule has 1 N–H and O–H groups in total. The van der Waals surface area contributed by atoms with Crippen LogP contribution in [0.3, 0.4) is 0 Å². The Morgan fingerprint density at radius 3 is 2.23 bits per heavy atom. The zero-order valence-corrected chi connectivity index (χ0v) is 22.0. The fraction of sp³-hybridized carbons (Fsp3) is 0.233. The lowest BCUT2D eigenvalue weighted by molar-refractivity contribution is -0.142. The number of oxazole rings is 1. The van der Waals surface area contributed by atoms with E-state index >= 15 is 0 Å². The van der Waals surface area contributed by atoms with Crippen LogP contribution in [0.4, 0.5) is 4.79 Å². The topological polar surface area (TPSA) is 111 Å². The summed E-state index contributed by atoms with van der Waals surface area (Å²) in [6.45, 7) is 3.76. The van der Waals surface area contributed by atoms with E-state index in [2.05, 4.69) is 4.98 Å². The van der Waals surface area contributed by atoms with Crippen LogP contribution in [0.2, 0.25) is 0 Å². The molecule has 9 nitrogen and oxygen atoms in total. The molecule has 0 fully saturated rings. The molecule has 9 heteroatoms. The van der Waals surface area contributed by atoms with Gasteiger partial charge in [-0.05, 0) is 67.9 Å². The smallest absolute Gasteiger partial charge is 0.416 e. The van der Waals surface area contributed by atoms with Crippen LogP contribution in [0.25, 0.3) is 11.5 Å². The van der Waals surface area contributed by atoms with Gasteiger partial charge in [-0.25, -0.2) is 14.6 Å². The number of rotatable bonds is 11. The maximum Gasteiger partial charge on any atom is 0.416 e. The van der Waals surface area contributed by atoms with Crippen molar-refractivity contribution in [3.63, 3.8) is 0 Å². The largest absolute Gasteiger partial charge is 0.497 e. The summed E-state index contributed by atoms with van der Waals surface area (Å²) in [5, 5.41) is 9.54. The monoisotopic (exact) mass is 530 g/mol. The molecule has 0 aliphatic rings. The van der Waals surface area contributed by atoms with Crippen molar-refractivity contribution in [3.05, 3.63) is 95.9 Å². The lowest BCUT2D eigenvalue weighted by atomic mass is 10.2. The van der Waals surface area contributed by atoms with Gasteiger partial charge < -0.3 is 23.7 Å². The third-order valence-electron chi connectivity index (χ3n) is 6.12. The number of carbonyl (C=O) groups excluding carboxylic acids is 1. The van der Waals surface area contributed by atoms with Crippen LogP contribution in [0.5, 0.6) is 17.2 Å². The Morgan fingerprint density at radius 2 is 1.59 bits per heavy atom. The molecule has 0 bridgehead atoms. The second-order valence-corrected chi connectivity index (χ2v) is 8.82. The van der Waals surface area contributed by atoms with Gasteiger partial charge in [0.1, 0.15) is 29.1 Å². The molecule has 4 aromatic rings. The van der Waals surface area contributed by atoms with Gasteiger partial charge in [-0.2, -0.15) is 0 Å². The molecule has 202 valence electrons. The van der Waals surface area contributed by atoms with Gasteiger partial charge in [0.05, 0.1) is 19.4 Å². The predicted molar refractivity (Wildman–Crippen MR) is 144 cm³/mol. The fourth-order valence-electron chi connectivity index (χ4n) is 3.81. The summed E-state index contributed by atoms with van der Waals surface area (Å²) < 4.78 is 22.2. The minimum atomic E-state index is -1.14. The number of carboxylic acids is 1. The van der Waals surface area contributed by atoms with E-state index < -0.39 is 18.1 Å². The predicted octanol–water partition coefficient (Wildman–Crippen LogP) is 5.75. The number of aryl methyl sites for hydroxylation is 1. The molecule has 1 atom stereocenters. The van der Waals surface area contributed by atoms with Crippen molar-refractivity contribution < 1.29 is 33.3 Å². The normalized spacial score (nSPS) is 11.5. The quantitative estimate of drug-likeness (QED) is 0.261.